The van der Waals surface area contributed by atoms with Crippen molar-refractivity contribution in [3.05, 3.63) is 57.6 Å². The van der Waals surface area contributed by atoms with Crippen molar-refractivity contribution >= 4 is 40.6 Å². The van der Waals surface area contributed by atoms with Crippen LogP contribution in [0.15, 0.2) is 36.4 Å². The molecule has 3 rings (SSSR count). The molecule has 1 aliphatic rings. The second kappa shape index (κ2) is 7.50. The molecule has 1 aliphatic heterocycles. The van der Waals surface area contributed by atoms with Gasteiger partial charge in [-0.2, -0.15) is 0 Å². The molecule has 1 N–H and O–H groups in total. The monoisotopic (exact) mass is 407 g/mol. The Morgan fingerprint density at radius 3 is 2.67 bits per heavy atom. The smallest absolute Gasteiger partial charge is 0.264 e. The Bertz CT molecular complexity index is 915. The molecule has 1 heterocycles. The van der Waals surface area contributed by atoms with Crippen LogP contribution in [0.2, 0.25) is 10.0 Å². The number of ether oxygens (including phenoxy) is 1. The number of hydrogen-bond acceptors (Lipinski definition) is 4. The van der Waals surface area contributed by atoms with Gasteiger partial charge in [-0.3, -0.25) is 9.59 Å². The van der Waals surface area contributed by atoms with E-state index in [1.54, 1.807) is 30.3 Å². The zero-order chi connectivity index (χ0) is 19.8. The van der Waals surface area contributed by atoms with Crippen LogP contribution in [-0.2, 0) is 15.2 Å². The predicted octanol–water partition coefficient (Wildman–Crippen LogP) is 3.89. The van der Waals surface area contributed by atoms with Gasteiger partial charge in [0.2, 0.25) is 0 Å². The quantitative estimate of drug-likeness (QED) is 0.788. The largest absolute Gasteiger partial charge is 0.490 e. The Labute approximate surface area is 167 Å². The maximum atomic E-state index is 13.0. The number of benzene rings is 2. The highest BCUT2D eigenvalue weighted by Crippen LogP contribution is 2.44. The SMILES string of the molecule is CC(=O)C[C@]1(O)C(=O)N(CCOc2ccc(Cl)cc2Cl)c2c(C)cccc21. The van der Waals surface area contributed by atoms with Gasteiger partial charge in [-0.15, -0.1) is 0 Å². The van der Waals surface area contributed by atoms with Crippen molar-refractivity contribution in [2.75, 3.05) is 18.1 Å². The summed E-state index contributed by atoms with van der Waals surface area (Å²) >= 11 is 12.0. The molecule has 0 saturated heterocycles. The minimum Gasteiger partial charge on any atom is -0.490 e. The van der Waals surface area contributed by atoms with Gasteiger partial charge in [0.1, 0.15) is 18.1 Å². The fraction of sp³-hybridized carbons (Fsp3) is 0.300. The summed E-state index contributed by atoms with van der Waals surface area (Å²) in [6.45, 7) is 3.58. The summed E-state index contributed by atoms with van der Waals surface area (Å²) in [6.07, 6.45) is -0.261. The molecule has 0 fully saturated rings. The first-order chi connectivity index (χ1) is 12.7. The molecule has 2 aromatic carbocycles. The van der Waals surface area contributed by atoms with E-state index in [2.05, 4.69) is 0 Å². The number of rotatable bonds is 6. The van der Waals surface area contributed by atoms with Crippen LogP contribution >= 0.6 is 23.2 Å². The number of nitrogens with zero attached hydrogens (tertiary/aromatic N) is 1. The summed E-state index contributed by atoms with van der Waals surface area (Å²) < 4.78 is 5.67. The Balaban J connectivity index is 1.83. The maximum Gasteiger partial charge on any atom is 0.264 e. The van der Waals surface area contributed by atoms with Crippen LogP contribution in [0.1, 0.15) is 24.5 Å². The van der Waals surface area contributed by atoms with Crippen molar-refractivity contribution in [2.24, 2.45) is 0 Å². The fourth-order valence-corrected chi connectivity index (χ4v) is 3.84. The van der Waals surface area contributed by atoms with Gasteiger partial charge in [0, 0.05) is 17.0 Å². The third-order valence-electron chi connectivity index (χ3n) is 4.52. The Hall–Kier alpha value is -2.08. The van der Waals surface area contributed by atoms with Crippen molar-refractivity contribution in [1.82, 2.24) is 0 Å². The number of carbonyl (C=O) groups is 2. The van der Waals surface area contributed by atoms with Crippen LogP contribution in [0.4, 0.5) is 5.69 Å². The van der Waals surface area contributed by atoms with Crippen molar-refractivity contribution in [2.45, 2.75) is 25.9 Å². The number of anilines is 1. The van der Waals surface area contributed by atoms with Gasteiger partial charge in [-0.1, -0.05) is 41.4 Å². The van der Waals surface area contributed by atoms with Gasteiger partial charge in [-0.05, 0) is 37.6 Å². The van der Waals surface area contributed by atoms with Gasteiger partial charge >= 0.3 is 0 Å². The van der Waals surface area contributed by atoms with Gasteiger partial charge in [0.05, 0.1) is 17.3 Å². The Kier molecular flexibility index (Phi) is 5.47. The Morgan fingerprint density at radius 2 is 2.00 bits per heavy atom. The molecule has 27 heavy (non-hydrogen) atoms. The number of aryl methyl sites for hydroxylation is 1. The highest BCUT2D eigenvalue weighted by molar-refractivity contribution is 6.35. The number of halogens is 2. The minimum atomic E-state index is -1.84. The summed E-state index contributed by atoms with van der Waals surface area (Å²) in [5.41, 5.74) is 0.0691. The van der Waals surface area contributed by atoms with Gasteiger partial charge in [-0.25, -0.2) is 0 Å². The third-order valence-corrected chi connectivity index (χ3v) is 5.05. The molecular formula is C20H19Cl2NO4. The van der Waals surface area contributed by atoms with Gasteiger partial charge in [0.15, 0.2) is 5.60 Å². The molecule has 0 saturated carbocycles. The van der Waals surface area contributed by atoms with Crippen LogP contribution in [0.3, 0.4) is 0 Å². The Morgan fingerprint density at radius 1 is 1.26 bits per heavy atom. The number of fused-ring (bicyclic) bond motifs is 1. The van der Waals surface area contributed by atoms with E-state index in [4.69, 9.17) is 27.9 Å². The van der Waals surface area contributed by atoms with Crippen LogP contribution in [0, 0.1) is 6.92 Å². The first-order valence-electron chi connectivity index (χ1n) is 8.46. The number of aliphatic hydroxyl groups is 1. The van der Waals surface area contributed by atoms with Gasteiger partial charge in [0.25, 0.3) is 5.91 Å². The zero-order valence-corrected chi connectivity index (χ0v) is 16.5. The molecule has 0 aliphatic carbocycles. The fourth-order valence-electron chi connectivity index (χ4n) is 3.37. The van der Waals surface area contributed by atoms with Crippen LogP contribution in [-0.4, -0.2) is 29.9 Å². The lowest BCUT2D eigenvalue weighted by Crippen LogP contribution is -2.43. The summed E-state index contributed by atoms with van der Waals surface area (Å²) in [5.74, 6) is -0.325. The zero-order valence-electron chi connectivity index (χ0n) is 15.0. The third kappa shape index (κ3) is 3.68. The number of amides is 1. The van der Waals surface area contributed by atoms with Crippen molar-refractivity contribution in [3.8, 4) is 5.75 Å². The van der Waals surface area contributed by atoms with Crippen LogP contribution in [0.5, 0.6) is 5.75 Å². The summed E-state index contributed by atoms with van der Waals surface area (Å²) in [6, 6.07) is 10.2. The molecule has 7 heteroatoms. The van der Waals surface area contributed by atoms with Crippen molar-refractivity contribution in [1.29, 1.82) is 0 Å². The normalized spacial score (nSPS) is 18.6. The second-order valence-corrected chi connectivity index (χ2v) is 7.43. The second-order valence-electron chi connectivity index (χ2n) is 6.59. The lowest BCUT2D eigenvalue weighted by Gasteiger charge is -2.22. The van der Waals surface area contributed by atoms with E-state index >= 15 is 0 Å². The average Bonchev–Trinajstić information content (AvgIpc) is 2.79. The molecule has 0 spiro atoms. The number of hydrogen-bond donors (Lipinski definition) is 1. The first-order valence-corrected chi connectivity index (χ1v) is 9.21. The number of carbonyl (C=O) groups excluding carboxylic acids is 2. The molecule has 1 atom stereocenters. The molecule has 0 radical (unpaired) electrons. The number of para-hydroxylation sites is 1. The van der Waals surface area contributed by atoms with E-state index < -0.39 is 11.5 Å². The molecule has 5 nitrogen and oxygen atoms in total. The standard InChI is InChI=1S/C20H19Cl2NO4/c1-12-4-3-5-15-18(12)23(19(25)20(15,26)11-13(2)24)8-9-27-17-7-6-14(21)10-16(17)22/h3-7,10,26H,8-9,11H2,1-2H3/t20-/m1/s1. The molecule has 2 aromatic rings. The summed E-state index contributed by atoms with van der Waals surface area (Å²) in [7, 11) is 0. The average molecular weight is 408 g/mol. The van der Waals surface area contributed by atoms with E-state index in [9.17, 15) is 14.7 Å². The lowest BCUT2D eigenvalue weighted by molar-refractivity contribution is -0.141. The van der Waals surface area contributed by atoms with Crippen LogP contribution < -0.4 is 9.64 Å². The molecule has 142 valence electrons. The lowest BCUT2D eigenvalue weighted by atomic mass is 9.89. The van der Waals surface area contributed by atoms with E-state index in [0.717, 1.165) is 5.56 Å². The first kappa shape index (κ1) is 19.7. The van der Waals surface area contributed by atoms with Crippen molar-refractivity contribution in [3.63, 3.8) is 0 Å². The molecular weight excluding hydrogens is 389 g/mol. The summed E-state index contributed by atoms with van der Waals surface area (Å²) in [4.78, 5) is 26.1. The molecule has 0 unspecified atom stereocenters. The number of Topliss-reactive ketones (excluding diaryl/α,β-unsaturated/α-hetero) is 1. The highest BCUT2D eigenvalue weighted by atomic mass is 35.5. The predicted molar refractivity (Wildman–Crippen MR) is 105 cm³/mol. The van der Waals surface area contributed by atoms with E-state index in [1.165, 1.54) is 11.8 Å². The topological polar surface area (TPSA) is 66.8 Å². The highest BCUT2D eigenvalue weighted by Gasteiger charge is 2.50. The maximum absolute atomic E-state index is 13.0. The number of ketones is 1. The van der Waals surface area contributed by atoms with Crippen molar-refractivity contribution < 1.29 is 19.4 Å². The summed E-state index contributed by atoms with van der Waals surface area (Å²) in [5, 5.41) is 11.9. The molecule has 1 amide bonds. The van der Waals surface area contributed by atoms with E-state index in [1.807, 2.05) is 13.0 Å². The molecule has 0 bridgehead atoms. The minimum absolute atomic E-state index is 0.164. The van der Waals surface area contributed by atoms with E-state index in [-0.39, 0.29) is 25.4 Å². The van der Waals surface area contributed by atoms with Crippen LogP contribution in [0.25, 0.3) is 0 Å². The van der Waals surface area contributed by atoms with Gasteiger partial charge < -0.3 is 14.7 Å². The molecule has 0 aromatic heterocycles. The van der Waals surface area contributed by atoms with E-state index in [0.29, 0.717) is 27.0 Å².